The lowest BCUT2D eigenvalue weighted by molar-refractivity contribution is 0.432. The van der Waals surface area contributed by atoms with Crippen LogP contribution in [0.15, 0.2) is 18.2 Å². The Kier molecular flexibility index (Phi) is 3.01. The molecule has 1 N–H and O–H groups in total. The second kappa shape index (κ2) is 4.03. The fourth-order valence-electron chi connectivity index (χ4n) is 0.732. The van der Waals surface area contributed by atoms with Crippen molar-refractivity contribution in [2.45, 2.75) is 0 Å². The van der Waals surface area contributed by atoms with Crippen LogP contribution in [0, 0.1) is 17.7 Å². The smallest absolute Gasteiger partial charge is 0.164 e. The van der Waals surface area contributed by atoms with Crippen molar-refractivity contribution in [3.8, 4) is 17.6 Å². The van der Waals surface area contributed by atoms with E-state index in [1.165, 1.54) is 18.2 Å². The lowest BCUT2D eigenvalue weighted by atomic mass is 10.2. The van der Waals surface area contributed by atoms with Gasteiger partial charge in [-0.1, -0.05) is 11.8 Å². The number of rotatable bonds is 0. The lowest BCUT2D eigenvalue weighted by Gasteiger charge is -1.94. The summed E-state index contributed by atoms with van der Waals surface area (Å²) in [6.07, 6.45) is 0. The molecule has 0 aliphatic rings. The van der Waals surface area contributed by atoms with Crippen LogP contribution >= 0.6 is 12.6 Å². The lowest BCUT2D eigenvalue weighted by Crippen LogP contribution is -1.78. The van der Waals surface area contributed by atoms with Crippen molar-refractivity contribution in [2.24, 2.45) is 0 Å². The predicted octanol–water partition coefficient (Wildman–Crippen LogP) is 1.81. The molecule has 0 fully saturated rings. The number of thiol groups is 1. The molecule has 1 rings (SSSR count). The molecule has 0 aliphatic carbocycles. The third-order valence-corrected chi connectivity index (χ3v) is 1.42. The number of benzene rings is 1. The standard InChI is InChI=1S/C9H7FOS/c10-8-4-3-7(2-1-5-12)6-9(8)11/h3-4,6,11-12H,5H2. The molecular formula is C9H7FOS. The van der Waals surface area contributed by atoms with Gasteiger partial charge in [0, 0.05) is 5.56 Å². The minimum atomic E-state index is -0.633. The molecule has 0 atom stereocenters. The minimum absolute atomic E-state index is 0.374. The van der Waals surface area contributed by atoms with Crippen molar-refractivity contribution < 1.29 is 9.50 Å². The van der Waals surface area contributed by atoms with Gasteiger partial charge >= 0.3 is 0 Å². The molecule has 0 saturated heterocycles. The first kappa shape index (κ1) is 8.95. The highest BCUT2D eigenvalue weighted by atomic mass is 32.1. The average Bonchev–Trinajstić information content (AvgIpc) is 2.07. The molecule has 0 saturated carbocycles. The van der Waals surface area contributed by atoms with Crippen LogP contribution in [0.5, 0.6) is 5.75 Å². The zero-order chi connectivity index (χ0) is 8.97. The summed E-state index contributed by atoms with van der Waals surface area (Å²) >= 11 is 3.89. The second-order valence-corrected chi connectivity index (χ2v) is 2.44. The Bertz CT molecular complexity index is 338. The normalized spacial score (nSPS) is 8.83. The highest BCUT2D eigenvalue weighted by molar-refractivity contribution is 7.80. The van der Waals surface area contributed by atoms with E-state index in [9.17, 15) is 4.39 Å². The van der Waals surface area contributed by atoms with Crippen LogP contribution in [0.3, 0.4) is 0 Å². The number of phenolic OH excluding ortho intramolecular Hbond substituents is 1. The van der Waals surface area contributed by atoms with Crippen molar-refractivity contribution in [1.29, 1.82) is 0 Å². The number of hydrogen-bond donors (Lipinski definition) is 2. The number of aromatic hydroxyl groups is 1. The van der Waals surface area contributed by atoms with Crippen molar-refractivity contribution in [3.05, 3.63) is 29.6 Å². The third-order valence-electron chi connectivity index (χ3n) is 1.26. The molecule has 1 nitrogen and oxygen atoms in total. The van der Waals surface area contributed by atoms with E-state index in [0.29, 0.717) is 11.3 Å². The molecule has 1 aromatic rings. The van der Waals surface area contributed by atoms with Crippen LogP contribution in [-0.2, 0) is 0 Å². The Balaban J connectivity index is 2.97. The predicted molar refractivity (Wildman–Crippen MR) is 48.8 cm³/mol. The monoisotopic (exact) mass is 182 g/mol. The highest BCUT2D eigenvalue weighted by Crippen LogP contribution is 2.15. The van der Waals surface area contributed by atoms with Gasteiger partial charge in [-0.3, -0.25) is 0 Å². The molecule has 3 heteroatoms. The fraction of sp³-hybridized carbons (Fsp3) is 0.111. The third kappa shape index (κ3) is 2.18. The maximum Gasteiger partial charge on any atom is 0.164 e. The number of hydrogen-bond acceptors (Lipinski definition) is 2. The number of halogens is 1. The molecular weight excluding hydrogens is 175 g/mol. The van der Waals surface area contributed by atoms with E-state index < -0.39 is 5.82 Å². The summed E-state index contributed by atoms with van der Waals surface area (Å²) in [5.74, 6) is 4.84. The molecule has 62 valence electrons. The van der Waals surface area contributed by atoms with E-state index in [-0.39, 0.29) is 5.75 Å². The summed E-state index contributed by atoms with van der Waals surface area (Å²) < 4.78 is 12.5. The van der Waals surface area contributed by atoms with Crippen LogP contribution in [0.2, 0.25) is 0 Å². The van der Waals surface area contributed by atoms with Gasteiger partial charge in [0.25, 0.3) is 0 Å². The maximum absolute atomic E-state index is 12.5. The highest BCUT2D eigenvalue weighted by Gasteiger charge is 1.98. The van der Waals surface area contributed by atoms with E-state index in [4.69, 9.17) is 5.11 Å². The summed E-state index contributed by atoms with van der Waals surface area (Å²) in [7, 11) is 0. The van der Waals surface area contributed by atoms with Crippen LogP contribution in [0.25, 0.3) is 0 Å². The average molecular weight is 182 g/mol. The molecule has 0 aliphatic heterocycles. The van der Waals surface area contributed by atoms with Crippen molar-refractivity contribution in [2.75, 3.05) is 5.75 Å². The topological polar surface area (TPSA) is 20.2 Å². The maximum atomic E-state index is 12.5. The summed E-state index contributed by atoms with van der Waals surface area (Å²) in [5, 5.41) is 8.94. The van der Waals surface area contributed by atoms with Gasteiger partial charge in [0.2, 0.25) is 0 Å². The van der Waals surface area contributed by atoms with Gasteiger partial charge < -0.3 is 5.11 Å². The first-order valence-electron chi connectivity index (χ1n) is 3.32. The van der Waals surface area contributed by atoms with Crippen LogP contribution in [-0.4, -0.2) is 10.9 Å². The first-order valence-corrected chi connectivity index (χ1v) is 3.95. The van der Waals surface area contributed by atoms with E-state index in [2.05, 4.69) is 24.5 Å². The molecule has 0 heterocycles. The Labute approximate surface area is 75.6 Å². The zero-order valence-corrected chi connectivity index (χ0v) is 7.11. The quantitative estimate of drug-likeness (QED) is 0.463. The van der Waals surface area contributed by atoms with E-state index in [1.807, 2.05) is 0 Å². The largest absolute Gasteiger partial charge is 0.505 e. The Morgan fingerprint density at radius 2 is 2.25 bits per heavy atom. The van der Waals surface area contributed by atoms with E-state index >= 15 is 0 Å². The summed E-state index contributed by atoms with van der Waals surface area (Å²) in [6, 6.07) is 3.97. The molecule has 0 radical (unpaired) electrons. The second-order valence-electron chi connectivity index (χ2n) is 2.13. The molecule has 0 spiro atoms. The summed E-state index contributed by atoms with van der Waals surface area (Å²) in [4.78, 5) is 0. The molecule has 0 amide bonds. The molecule has 0 bridgehead atoms. The van der Waals surface area contributed by atoms with Gasteiger partial charge in [0.05, 0.1) is 5.75 Å². The number of phenols is 1. The van der Waals surface area contributed by atoms with Gasteiger partial charge in [-0.05, 0) is 18.2 Å². The fourth-order valence-corrected chi connectivity index (χ4v) is 0.811. The van der Waals surface area contributed by atoms with Crippen LogP contribution < -0.4 is 0 Å². The van der Waals surface area contributed by atoms with Crippen molar-refractivity contribution >= 4 is 12.6 Å². The molecule has 0 unspecified atom stereocenters. The van der Waals surface area contributed by atoms with Crippen LogP contribution in [0.4, 0.5) is 4.39 Å². The van der Waals surface area contributed by atoms with Crippen LogP contribution in [0.1, 0.15) is 5.56 Å². The van der Waals surface area contributed by atoms with Crippen molar-refractivity contribution in [1.82, 2.24) is 0 Å². The van der Waals surface area contributed by atoms with Gasteiger partial charge in [-0.25, -0.2) is 4.39 Å². The summed E-state index contributed by atoms with van der Waals surface area (Å²) in [6.45, 7) is 0. The van der Waals surface area contributed by atoms with Crippen molar-refractivity contribution in [3.63, 3.8) is 0 Å². The van der Waals surface area contributed by atoms with Gasteiger partial charge in [0.15, 0.2) is 11.6 Å². The summed E-state index contributed by atoms with van der Waals surface area (Å²) in [5.41, 5.74) is 0.586. The Morgan fingerprint density at radius 3 is 2.83 bits per heavy atom. The van der Waals surface area contributed by atoms with E-state index in [1.54, 1.807) is 0 Å². The Morgan fingerprint density at radius 1 is 1.50 bits per heavy atom. The molecule has 12 heavy (non-hydrogen) atoms. The minimum Gasteiger partial charge on any atom is -0.505 e. The zero-order valence-electron chi connectivity index (χ0n) is 6.21. The Hall–Kier alpha value is -1.14. The SMILES string of the molecule is Oc1cc(C#CCS)ccc1F. The van der Waals surface area contributed by atoms with Gasteiger partial charge in [0.1, 0.15) is 0 Å². The van der Waals surface area contributed by atoms with E-state index in [0.717, 1.165) is 0 Å². The first-order chi connectivity index (χ1) is 5.74. The van der Waals surface area contributed by atoms with Gasteiger partial charge in [-0.2, -0.15) is 12.6 Å². The molecule has 0 aromatic heterocycles. The van der Waals surface area contributed by atoms with Gasteiger partial charge in [-0.15, -0.1) is 0 Å². The molecule has 1 aromatic carbocycles.